The highest BCUT2D eigenvalue weighted by Gasteiger charge is 2.45. The number of ether oxygens (including phenoxy) is 1. The molecule has 0 bridgehead atoms. The second kappa shape index (κ2) is 9.15. The minimum atomic E-state index is -1.59. The Morgan fingerprint density at radius 3 is 2.20 bits per heavy atom. The molecule has 3 N–H and O–H groups in total. The average molecular weight is 418 g/mol. The molecule has 0 aromatic heterocycles. The monoisotopic (exact) mass is 418 g/mol. The van der Waals surface area contributed by atoms with Gasteiger partial charge in [0.15, 0.2) is 0 Å². The van der Waals surface area contributed by atoms with E-state index in [-0.39, 0.29) is 25.9 Å². The molecule has 0 unspecified atom stereocenters. The van der Waals surface area contributed by atoms with Crippen molar-refractivity contribution in [2.75, 3.05) is 13.1 Å². The van der Waals surface area contributed by atoms with Crippen LogP contribution in [0, 0.1) is 0 Å². The maximum Gasteiger partial charge on any atom is 0.410 e. The van der Waals surface area contributed by atoms with Gasteiger partial charge in [-0.05, 0) is 39.2 Å². The van der Waals surface area contributed by atoms with Crippen molar-refractivity contribution in [2.45, 2.75) is 57.1 Å². The molecule has 1 heterocycles. The highest BCUT2D eigenvalue weighted by Crippen LogP contribution is 2.36. The summed E-state index contributed by atoms with van der Waals surface area (Å²) in [5.41, 5.74) is 4.08. The van der Waals surface area contributed by atoms with Crippen molar-refractivity contribution in [1.29, 1.82) is 0 Å². The Labute approximate surface area is 175 Å². The average Bonchev–Trinajstić information content (AvgIpc) is 2.66. The molecule has 1 aliphatic rings. The van der Waals surface area contributed by atoms with Crippen molar-refractivity contribution >= 4 is 23.9 Å². The number of nitrogens with one attached hydrogen (secondary N) is 1. The molecular formula is C21H28N3O6-. The Kier molecular flexibility index (Phi) is 7.07. The summed E-state index contributed by atoms with van der Waals surface area (Å²) in [6.07, 6.45) is -0.509. The fraction of sp³-hybridized carbons (Fsp3) is 0.524. The number of rotatable bonds is 6. The van der Waals surface area contributed by atoms with Crippen molar-refractivity contribution in [3.63, 3.8) is 0 Å². The molecule has 1 aliphatic heterocycles. The van der Waals surface area contributed by atoms with Crippen LogP contribution in [0.25, 0.3) is 0 Å². The molecule has 164 valence electrons. The number of hydrogen-bond acceptors (Lipinski definition) is 6. The molecule has 0 saturated carbocycles. The van der Waals surface area contributed by atoms with Gasteiger partial charge in [-0.1, -0.05) is 30.3 Å². The Balaban J connectivity index is 2.25. The van der Waals surface area contributed by atoms with Crippen molar-refractivity contribution in [2.24, 2.45) is 5.73 Å². The number of nitrogens with zero attached hydrogens (tertiary/aromatic N) is 1. The summed E-state index contributed by atoms with van der Waals surface area (Å²) in [6.45, 7) is 5.83. The minimum Gasteiger partial charge on any atom is -0.548 e. The lowest BCUT2D eigenvalue weighted by atomic mass is 9.72. The maximum atomic E-state index is 13.2. The molecule has 0 spiro atoms. The van der Waals surface area contributed by atoms with Gasteiger partial charge in [-0.2, -0.15) is 0 Å². The van der Waals surface area contributed by atoms with E-state index in [1.54, 1.807) is 45.0 Å². The first-order chi connectivity index (χ1) is 13.9. The van der Waals surface area contributed by atoms with Crippen molar-refractivity contribution in [3.05, 3.63) is 35.9 Å². The molecule has 1 aromatic rings. The number of carboxylic acid groups (broad SMARTS) is 1. The van der Waals surface area contributed by atoms with Crippen LogP contribution < -0.4 is 16.2 Å². The van der Waals surface area contributed by atoms with Gasteiger partial charge < -0.3 is 30.6 Å². The third-order valence-corrected chi connectivity index (χ3v) is 5.02. The van der Waals surface area contributed by atoms with E-state index >= 15 is 0 Å². The first kappa shape index (κ1) is 23.2. The molecule has 0 aliphatic carbocycles. The Bertz CT molecular complexity index is 795. The van der Waals surface area contributed by atoms with Crippen LogP contribution in [0.2, 0.25) is 0 Å². The number of carboxylic acids is 1. The molecule has 1 saturated heterocycles. The third-order valence-electron chi connectivity index (χ3n) is 5.02. The molecule has 0 radical (unpaired) electrons. The van der Waals surface area contributed by atoms with Gasteiger partial charge >= 0.3 is 6.09 Å². The molecule has 30 heavy (non-hydrogen) atoms. The van der Waals surface area contributed by atoms with Crippen LogP contribution in [-0.2, 0) is 24.5 Å². The first-order valence-corrected chi connectivity index (χ1v) is 9.78. The Morgan fingerprint density at radius 1 is 1.17 bits per heavy atom. The number of carbonyl (C=O) groups excluding carboxylic acids is 4. The minimum absolute atomic E-state index is 0.253. The lowest BCUT2D eigenvalue weighted by Crippen LogP contribution is -2.58. The van der Waals surface area contributed by atoms with Crippen LogP contribution in [0.5, 0.6) is 0 Å². The molecule has 1 atom stereocenters. The third kappa shape index (κ3) is 5.71. The lowest BCUT2D eigenvalue weighted by molar-refractivity contribution is -0.308. The topological polar surface area (TPSA) is 142 Å². The Morgan fingerprint density at radius 2 is 1.73 bits per heavy atom. The number of primary amides is 1. The number of piperidine rings is 1. The van der Waals surface area contributed by atoms with E-state index in [9.17, 15) is 24.3 Å². The summed E-state index contributed by atoms with van der Waals surface area (Å²) in [5.74, 6) is -3.00. The van der Waals surface area contributed by atoms with Crippen molar-refractivity contribution < 1.29 is 29.0 Å². The fourth-order valence-electron chi connectivity index (χ4n) is 3.49. The molecule has 2 rings (SSSR count). The van der Waals surface area contributed by atoms with Crippen LogP contribution in [0.15, 0.2) is 30.3 Å². The molecule has 1 fully saturated rings. The van der Waals surface area contributed by atoms with Gasteiger partial charge in [-0.15, -0.1) is 0 Å². The van der Waals surface area contributed by atoms with Crippen molar-refractivity contribution in [1.82, 2.24) is 10.2 Å². The van der Waals surface area contributed by atoms with Crippen molar-refractivity contribution in [3.8, 4) is 0 Å². The summed E-state index contributed by atoms with van der Waals surface area (Å²) < 4.78 is 5.40. The van der Waals surface area contributed by atoms with E-state index in [4.69, 9.17) is 10.5 Å². The number of benzene rings is 1. The molecule has 9 nitrogen and oxygen atoms in total. The van der Waals surface area contributed by atoms with E-state index in [1.807, 2.05) is 6.07 Å². The predicted octanol–water partition coefficient (Wildman–Crippen LogP) is 0.0654. The smallest absolute Gasteiger partial charge is 0.410 e. The molecule has 3 amide bonds. The zero-order valence-electron chi connectivity index (χ0n) is 17.5. The molecular weight excluding hydrogens is 390 g/mol. The van der Waals surface area contributed by atoms with Gasteiger partial charge in [0, 0.05) is 13.1 Å². The lowest BCUT2D eigenvalue weighted by Gasteiger charge is -2.42. The number of likely N-dealkylation sites (tertiary alicyclic amines) is 1. The summed E-state index contributed by atoms with van der Waals surface area (Å²) in [6, 6.07) is 7.41. The normalized spacial score (nSPS) is 17.0. The van der Waals surface area contributed by atoms with Crippen LogP contribution >= 0.6 is 0 Å². The summed E-state index contributed by atoms with van der Waals surface area (Å²) in [4.78, 5) is 49.7. The summed E-state index contributed by atoms with van der Waals surface area (Å²) in [7, 11) is 0. The number of nitrogens with two attached hydrogens (primary N) is 1. The van der Waals surface area contributed by atoms with Gasteiger partial charge in [-0.25, -0.2) is 4.79 Å². The SMILES string of the molecule is CC(C)(C)OC(=O)N1CCC(C(=O)N[C@H](CC(N)=O)C(=O)[O-])(c2ccccc2)CC1. The zero-order valence-corrected chi connectivity index (χ0v) is 17.5. The van der Waals surface area contributed by atoms with Gasteiger partial charge in [0.1, 0.15) is 5.60 Å². The molecule has 9 heteroatoms. The van der Waals surface area contributed by atoms with E-state index in [0.29, 0.717) is 5.56 Å². The van der Waals surface area contributed by atoms with Gasteiger partial charge in [0.05, 0.1) is 23.8 Å². The van der Waals surface area contributed by atoms with Gasteiger partial charge in [0.25, 0.3) is 0 Å². The van der Waals surface area contributed by atoms with E-state index in [2.05, 4.69) is 5.32 Å². The second-order valence-corrected chi connectivity index (χ2v) is 8.43. The maximum absolute atomic E-state index is 13.2. The standard InChI is InChI=1S/C21H29N3O6/c1-20(2,3)30-19(29)24-11-9-21(10-12-24,14-7-5-4-6-8-14)18(28)23-15(17(26)27)13-16(22)25/h4-8,15H,9-13H2,1-3H3,(H2,22,25)(H,23,28)(H,26,27)/p-1/t15-/m1/s1. The van der Waals surface area contributed by atoms with Crippen LogP contribution in [-0.4, -0.2) is 53.5 Å². The number of hydrogen-bond donors (Lipinski definition) is 2. The zero-order chi connectivity index (χ0) is 22.5. The quantitative estimate of drug-likeness (QED) is 0.669. The first-order valence-electron chi connectivity index (χ1n) is 9.78. The van der Waals surface area contributed by atoms with Crippen LogP contribution in [0.1, 0.15) is 45.6 Å². The number of carbonyl (C=O) groups is 4. The van der Waals surface area contributed by atoms with E-state index < -0.39 is 47.4 Å². The van der Waals surface area contributed by atoms with Crippen LogP contribution in [0.4, 0.5) is 4.79 Å². The number of aliphatic carboxylic acids is 1. The highest BCUT2D eigenvalue weighted by molar-refractivity contribution is 5.93. The summed E-state index contributed by atoms with van der Waals surface area (Å²) >= 11 is 0. The van der Waals surface area contributed by atoms with E-state index in [1.165, 1.54) is 4.90 Å². The largest absolute Gasteiger partial charge is 0.548 e. The van der Waals surface area contributed by atoms with Crippen LogP contribution in [0.3, 0.4) is 0 Å². The highest BCUT2D eigenvalue weighted by atomic mass is 16.6. The second-order valence-electron chi connectivity index (χ2n) is 8.43. The number of amides is 3. The van der Waals surface area contributed by atoms with Gasteiger partial charge in [-0.3, -0.25) is 9.59 Å². The molecule has 1 aromatic carbocycles. The van der Waals surface area contributed by atoms with E-state index in [0.717, 1.165) is 0 Å². The Hall–Kier alpha value is -3.10. The van der Waals surface area contributed by atoms with Gasteiger partial charge in [0.2, 0.25) is 11.8 Å². The fourth-order valence-corrected chi connectivity index (χ4v) is 3.49. The summed E-state index contributed by atoms with van der Waals surface area (Å²) in [5, 5.41) is 13.8. The predicted molar refractivity (Wildman–Crippen MR) is 106 cm³/mol.